The largest absolute Gasteiger partial charge is 0.328 e. The summed E-state index contributed by atoms with van der Waals surface area (Å²) in [6, 6.07) is 0.199. The van der Waals surface area contributed by atoms with Gasteiger partial charge in [0.15, 0.2) is 0 Å². The fourth-order valence-electron chi connectivity index (χ4n) is 0.930. The second-order valence-corrected chi connectivity index (χ2v) is 5.00. The van der Waals surface area contributed by atoms with E-state index < -0.39 is 9.73 Å². The number of hydrogen-bond donors (Lipinski definition) is 2. The third-order valence-corrected chi connectivity index (χ3v) is 3.43. The molecule has 0 bridgehead atoms. The van der Waals surface area contributed by atoms with Crippen LogP contribution in [-0.4, -0.2) is 21.8 Å². The molecule has 0 atom stereocenters. The maximum atomic E-state index is 11.0. The number of nitrogens with two attached hydrogens (primary N) is 1. The van der Waals surface area contributed by atoms with Gasteiger partial charge in [-0.05, 0) is 12.8 Å². The van der Waals surface area contributed by atoms with Crippen LogP contribution in [0.4, 0.5) is 0 Å². The zero-order valence-corrected chi connectivity index (χ0v) is 6.12. The molecule has 0 aromatic heterocycles. The maximum absolute atomic E-state index is 11.0. The first-order valence-electron chi connectivity index (χ1n) is 3.10. The van der Waals surface area contributed by atoms with Crippen molar-refractivity contribution in [3.63, 3.8) is 0 Å². The highest BCUT2D eigenvalue weighted by molar-refractivity contribution is 7.92. The molecule has 0 spiro atoms. The van der Waals surface area contributed by atoms with Gasteiger partial charge in [0.25, 0.3) is 0 Å². The minimum atomic E-state index is -2.20. The van der Waals surface area contributed by atoms with E-state index in [0.717, 1.165) is 12.8 Å². The van der Waals surface area contributed by atoms with Gasteiger partial charge in [-0.25, -0.2) is 4.21 Å². The van der Waals surface area contributed by atoms with E-state index in [2.05, 4.69) is 0 Å². The Morgan fingerprint density at radius 1 is 1.44 bits per heavy atom. The average molecular weight is 148 g/mol. The van der Waals surface area contributed by atoms with Gasteiger partial charge in [-0.1, -0.05) is 0 Å². The van der Waals surface area contributed by atoms with E-state index in [9.17, 15) is 4.21 Å². The standard InChI is InChI=1S/C5H12N2OS/c6-5-1-3-9(7,8)4-2-5/h5,7H,1-4,6H2. The molecule has 0 radical (unpaired) electrons. The maximum Gasteiger partial charge on any atom is 0.0442 e. The molecular weight excluding hydrogens is 136 g/mol. The molecule has 3 N–H and O–H groups in total. The van der Waals surface area contributed by atoms with E-state index in [4.69, 9.17) is 10.5 Å². The lowest BCUT2D eigenvalue weighted by Crippen LogP contribution is -2.31. The second-order valence-electron chi connectivity index (χ2n) is 2.56. The molecule has 0 unspecified atom stereocenters. The molecule has 0 aromatic carbocycles. The van der Waals surface area contributed by atoms with Gasteiger partial charge in [-0.3, -0.25) is 4.78 Å². The molecule has 3 nitrogen and oxygen atoms in total. The highest BCUT2D eigenvalue weighted by Gasteiger charge is 2.17. The van der Waals surface area contributed by atoms with Gasteiger partial charge in [0.1, 0.15) is 0 Å². The Hall–Kier alpha value is -0.0900. The summed E-state index contributed by atoms with van der Waals surface area (Å²) in [6.45, 7) is 0. The summed E-state index contributed by atoms with van der Waals surface area (Å²) in [5.41, 5.74) is 5.55. The van der Waals surface area contributed by atoms with Crippen molar-refractivity contribution >= 4 is 9.73 Å². The first-order valence-corrected chi connectivity index (χ1v) is 4.99. The lowest BCUT2D eigenvalue weighted by atomic mass is 10.2. The fraction of sp³-hybridized carbons (Fsp3) is 1.00. The zero-order valence-electron chi connectivity index (χ0n) is 5.30. The first-order chi connectivity index (χ1) is 4.10. The predicted octanol–water partition coefficient (Wildman–Crippen LogP) is 0.154. The number of rotatable bonds is 0. The zero-order chi connectivity index (χ0) is 6.91. The minimum absolute atomic E-state index is 0.199. The van der Waals surface area contributed by atoms with E-state index >= 15 is 0 Å². The van der Waals surface area contributed by atoms with E-state index in [1.54, 1.807) is 0 Å². The van der Waals surface area contributed by atoms with Crippen LogP contribution in [0.15, 0.2) is 0 Å². The van der Waals surface area contributed by atoms with E-state index in [1.807, 2.05) is 0 Å². The molecular formula is C5H12N2OS. The monoisotopic (exact) mass is 148 g/mol. The van der Waals surface area contributed by atoms with Gasteiger partial charge in [0.05, 0.1) is 0 Å². The molecule has 1 fully saturated rings. The van der Waals surface area contributed by atoms with Crippen molar-refractivity contribution in [1.29, 1.82) is 4.78 Å². The van der Waals surface area contributed by atoms with Crippen molar-refractivity contribution in [1.82, 2.24) is 0 Å². The van der Waals surface area contributed by atoms with Gasteiger partial charge in [-0.2, -0.15) is 0 Å². The summed E-state index contributed by atoms with van der Waals surface area (Å²) in [5, 5.41) is 0. The SMILES string of the molecule is N=S1(=O)CCC(N)CC1. The molecule has 54 valence electrons. The molecule has 0 saturated carbocycles. The topological polar surface area (TPSA) is 66.9 Å². The van der Waals surface area contributed by atoms with Gasteiger partial charge >= 0.3 is 0 Å². The smallest absolute Gasteiger partial charge is 0.0442 e. The van der Waals surface area contributed by atoms with Crippen LogP contribution in [0.2, 0.25) is 0 Å². The number of hydrogen-bond acceptors (Lipinski definition) is 3. The summed E-state index contributed by atoms with van der Waals surface area (Å²) in [5.74, 6) is 1.02. The fourth-order valence-corrected chi connectivity index (χ4v) is 2.50. The molecule has 4 heteroatoms. The summed E-state index contributed by atoms with van der Waals surface area (Å²) in [6.07, 6.45) is 1.53. The molecule has 0 amide bonds. The van der Waals surface area contributed by atoms with Crippen molar-refractivity contribution in [2.75, 3.05) is 11.5 Å². The van der Waals surface area contributed by atoms with E-state index in [0.29, 0.717) is 11.5 Å². The van der Waals surface area contributed by atoms with Crippen LogP contribution in [-0.2, 0) is 9.73 Å². The Labute approximate surface area is 55.6 Å². The summed E-state index contributed by atoms with van der Waals surface area (Å²) < 4.78 is 18.2. The van der Waals surface area contributed by atoms with Crippen LogP contribution in [0.25, 0.3) is 0 Å². The Balaban J connectivity index is 2.55. The Bertz CT molecular complexity index is 171. The predicted molar refractivity (Wildman–Crippen MR) is 37.8 cm³/mol. The minimum Gasteiger partial charge on any atom is -0.328 e. The Kier molecular flexibility index (Phi) is 1.77. The van der Waals surface area contributed by atoms with E-state index in [1.165, 1.54) is 0 Å². The summed E-state index contributed by atoms with van der Waals surface area (Å²) in [4.78, 5) is 0. The molecule has 1 saturated heterocycles. The van der Waals surface area contributed by atoms with Gasteiger partial charge in [0, 0.05) is 27.3 Å². The third kappa shape index (κ3) is 1.95. The lowest BCUT2D eigenvalue weighted by Gasteiger charge is -2.18. The van der Waals surface area contributed by atoms with Gasteiger partial charge < -0.3 is 5.73 Å². The Morgan fingerprint density at radius 2 is 1.89 bits per heavy atom. The van der Waals surface area contributed by atoms with Crippen LogP contribution in [0, 0.1) is 4.78 Å². The van der Waals surface area contributed by atoms with Crippen molar-refractivity contribution in [3.8, 4) is 0 Å². The highest BCUT2D eigenvalue weighted by atomic mass is 32.2. The molecule has 9 heavy (non-hydrogen) atoms. The summed E-state index contributed by atoms with van der Waals surface area (Å²) in [7, 11) is -2.20. The molecule has 1 heterocycles. The normalized spacial score (nSPS) is 44.8. The highest BCUT2D eigenvalue weighted by Crippen LogP contribution is 2.09. The van der Waals surface area contributed by atoms with Crippen LogP contribution in [0.3, 0.4) is 0 Å². The van der Waals surface area contributed by atoms with Gasteiger partial charge in [0.2, 0.25) is 0 Å². The average Bonchev–Trinajstić information content (AvgIpc) is 1.78. The quantitative estimate of drug-likeness (QED) is 0.513. The van der Waals surface area contributed by atoms with Gasteiger partial charge in [-0.15, -0.1) is 0 Å². The molecule has 1 rings (SSSR count). The van der Waals surface area contributed by atoms with Crippen LogP contribution >= 0.6 is 0 Å². The van der Waals surface area contributed by atoms with Crippen LogP contribution < -0.4 is 5.73 Å². The van der Waals surface area contributed by atoms with Crippen LogP contribution in [0.1, 0.15) is 12.8 Å². The van der Waals surface area contributed by atoms with Crippen molar-refractivity contribution in [3.05, 3.63) is 0 Å². The molecule has 0 aromatic rings. The van der Waals surface area contributed by atoms with Crippen molar-refractivity contribution in [2.45, 2.75) is 18.9 Å². The first kappa shape index (κ1) is 7.02. The molecule has 0 aliphatic carbocycles. The lowest BCUT2D eigenvalue weighted by molar-refractivity contribution is 0.591. The second kappa shape index (κ2) is 2.27. The third-order valence-electron chi connectivity index (χ3n) is 1.64. The molecule has 1 aliphatic heterocycles. The molecule has 1 aliphatic rings. The van der Waals surface area contributed by atoms with E-state index in [-0.39, 0.29) is 6.04 Å². The van der Waals surface area contributed by atoms with Crippen molar-refractivity contribution < 1.29 is 4.21 Å². The number of nitrogens with one attached hydrogen (secondary N) is 1. The summed E-state index contributed by atoms with van der Waals surface area (Å²) >= 11 is 0. The van der Waals surface area contributed by atoms with Crippen LogP contribution in [0.5, 0.6) is 0 Å². The van der Waals surface area contributed by atoms with Crippen molar-refractivity contribution in [2.24, 2.45) is 5.73 Å². The Morgan fingerprint density at radius 3 is 2.22 bits per heavy atom.